The molecule has 0 aliphatic carbocycles. The molecule has 0 spiro atoms. The first-order chi connectivity index (χ1) is 9.10. The van der Waals surface area contributed by atoms with Crippen LogP contribution >= 0.6 is 15.9 Å². The van der Waals surface area contributed by atoms with Crippen molar-refractivity contribution in [3.8, 4) is 11.5 Å². The molecule has 5 heteroatoms. The number of nitrogens with one attached hydrogen (secondary N) is 1. The first-order valence-corrected chi connectivity index (χ1v) is 6.44. The lowest BCUT2D eigenvalue weighted by molar-refractivity contribution is 0.373. The number of benzene rings is 2. The molecule has 0 saturated carbocycles. The summed E-state index contributed by atoms with van der Waals surface area (Å²) in [5.74, 6) is 0.213. The highest BCUT2D eigenvalue weighted by atomic mass is 79.9. The summed E-state index contributed by atoms with van der Waals surface area (Å²) >= 11 is 3.35. The van der Waals surface area contributed by atoms with E-state index in [-0.39, 0.29) is 11.6 Å². The van der Waals surface area contributed by atoms with Crippen LogP contribution in [0.1, 0.15) is 5.56 Å². The number of phenolic OH excluding ortho intramolecular Hbond substituents is 1. The highest BCUT2D eigenvalue weighted by molar-refractivity contribution is 9.10. The largest absolute Gasteiger partial charge is 0.504 e. The molecule has 0 aliphatic rings. The zero-order valence-corrected chi connectivity index (χ0v) is 11.9. The van der Waals surface area contributed by atoms with Crippen LogP contribution < -0.4 is 10.1 Å². The van der Waals surface area contributed by atoms with Crippen LogP contribution in [-0.4, -0.2) is 12.2 Å². The number of phenols is 1. The van der Waals surface area contributed by atoms with Crippen LogP contribution in [0.15, 0.2) is 40.9 Å². The predicted molar refractivity (Wildman–Crippen MR) is 76.1 cm³/mol. The maximum atomic E-state index is 13.1. The van der Waals surface area contributed by atoms with Crippen LogP contribution in [0.4, 0.5) is 10.1 Å². The van der Waals surface area contributed by atoms with Crippen LogP contribution in [-0.2, 0) is 6.54 Å². The van der Waals surface area contributed by atoms with Crippen molar-refractivity contribution in [3.63, 3.8) is 0 Å². The minimum Gasteiger partial charge on any atom is -0.504 e. The smallest absolute Gasteiger partial charge is 0.160 e. The van der Waals surface area contributed by atoms with Crippen molar-refractivity contribution in [1.82, 2.24) is 0 Å². The Morgan fingerprint density at radius 1 is 1.26 bits per heavy atom. The van der Waals surface area contributed by atoms with Gasteiger partial charge in [-0.1, -0.05) is 6.07 Å². The summed E-state index contributed by atoms with van der Waals surface area (Å²) in [6.07, 6.45) is 0. The Balaban J connectivity index is 2.12. The minimum atomic E-state index is -0.297. The highest BCUT2D eigenvalue weighted by Gasteiger charge is 2.04. The zero-order chi connectivity index (χ0) is 13.8. The van der Waals surface area contributed by atoms with Gasteiger partial charge in [-0.15, -0.1) is 0 Å². The first-order valence-electron chi connectivity index (χ1n) is 5.65. The van der Waals surface area contributed by atoms with Gasteiger partial charge < -0.3 is 15.2 Å². The Morgan fingerprint density at radius 2 is 2.05 bits per heavy atom. The maximum Gasteiger partial charge on any atom is 0.160 e. The lowest BCUT2D eigenvalue weighted by Crippen LogP contribution is -2.01. The van der Waals surface area contributed by atoms with E-state index >= 15 is 0 Å². The normalized spacial score (nSPS) is 10.3. The number of anilines is 1. The van der Waals surface area contributed by atoms with E-state index in [2.05, 4.69) is 21.2 Å². The number of halogens is 2. The summed E-state index contributed by atoms with van der Waals surface area (Å²) in [6, 6.07) is 9.53. The second-order valence-corrected chi connectivity index (χ2v) is 4.84. The minimum absolute atomic E-state index is 0.0955. The fourth-order valence-corrected chi connectivity index (χ4v) is 2.05. The molecule has 0 radical (unpaired) electrons. The number of ether oxygens (including phenoxy) is 1. The van der Waals surface area contributed by atoms with Gasteiger partial charge in [0.25, 0.3) is 0 Å². The summed E-state index contributed by atoms with van der Waals surface area (Å²) in [5.41, 5.74) is 1.60. The van der Waals surface area contributed by atoms with E-state index < -0.39 is 0 Å². The molecule has 100 valence electrons. The van der Waals surface area contributed by atoms with Gasteiger partial charge in [-0.2, -0.15) is 0 Å². The molecule has 19 heavy (non-hydrogen) atoms. The van der Waals surface area contributed by atoms with E-state index in [1.165, 1.54) is 19.2 Å². The Morgan fingerprint density at radius 3 is 2.79 bits per heavy atom. The third kappa shape index (κ3) is 3.38. The van der Waals surface area contributed by atoms with Crippen molar-refractivity contribution in [3.05, 3.63) is 52.3 Å². The van der Waals surface area contributed by atoms with Gasteiger partial charge in [0.15, 0.2) is 11.5 Å². The molecule has 3 nitrogen and oxygen atoms in total. The predicted octanol–water partition coefficient (Wildman–Crippen LogP) is 3.91. The number of rotatable bonds is 4. The third-order valence-electron chi connectivity index (χ3n) is 2.66. The molecule has 0 amide bonds. The molecule has 2 N–H and O–H groups in total. The lowest BCUT2D eigenvalue weighted by atomic mass is 10.2. The molecular formula is C14H13BrFNO2. The SMILES string of the molecule is COc1cc(CNc2cc(F)ccc2Br)ccc1O. The van der Waals surface area contributed by atoms with Gasteiger partial charge in [0.2, 0.25) is 0 Å². The lowest BCUT2D eigenvalue weighted by Gasteiger charge is -2.10. The average molecular weight is 326 g/mol. The van der Waals surface area contributed by atoms with E-state index in [9.17, 15) is 9.50 Å². The fourth-order valence-electron chi connectivity index (χ4n) is 1.66. The van der Waals surface area contributed by atoms with Crippen LogP contribution in [0, 0.1) is 5.82 Å². The quantitative estimate of drug-likeness (QED) is 0.895. The molecular weight excluding hydrogens is 313 g/mol. The van der Waals surface area contributed by atoms with Crippen molar-refractivity contribution in [1.29, 1.82) is 0 Å². The summed E-state index contributed by atoms with van der Waals surface area (Å²) in [4.78, 5) is 0. The van der Waals surface area contributed by atoms with Crippen molar-refractivity contribution in [2.45, 2.75) is 6.54 Å². The van der Waals surface area contributed by atoms with Crippen LogP contribution in [0.5, 0.6) is 11.5 Å². The number of methoxy groups -OCH3 is 1. The third-order valence-corrected chi connectivity index (χ3v) is 3.35. The summed E-state index contributed by atoms with van der Waals surface area (Å²) in [7, 11) is 1.50. The molecule has 0 heterocycles. The molecule has 0 unspecified atom stereocenters. The van der Waals surface area contributed by atoms with Crippen molar-refractivity contribution in [2.75, 3.05) is 12.4 Å². The second-order valence-electron chi connectivity index (χ2n) is 3.98. The monoisotopic (exact) mass is 325 g/mol. The van der Waals surface area contributed by atoms with E-state index in [0.29, 0.717) is 18.0 Å². The van der Waals surface area contributed by atoms with Crippen LogP contribution in [0.3, 0.4) is 0 Å². The fraction of sp³-hybridized carbons (Fsp3) is 0.143. The summed E-state index contributed by atoms with van der Waals surface area (Å²) in [6.45, 7) is 0.499. The molecule has 0 atom stereocenters. The molecule has 0 bridgehead atoms. The van der Waals surface area contributed by atoms with Gasteiger partial charge in [0, 0.05) is 11.0 Å². The van der Waals surface area contributed by atoms with Crippen molar-refractivity contribution < 1.29 is 14.2 Å². The first kappa shape index (κ1) is 13.7. The van der Waals surface area contributed by atoms with Crippen molar-refractivity contribution >= 4 is 21.6 Å². The van der Waals surface area contributed by atoms with Gasteiger partial charge in [-0.25, -0.2) is 4.39 Å². The zero-order valence-electron chi connectivity index (χ0n) is 10.3. The highest BCUT2D eigenvalue weighted by Crippen LogP contribution is 2.28. The molecule has 0 fully saturated rings. The standard InChI is InChI=1S/C14H13BrFNO2/c1-19-14-6-9(2-5-13(14)18)8-17-12-7-10(16)3-4-11(12)15/h2-7,17-18H,8H2,1H3. The molecule has 0 aliphatic heterocycles. The van der Waals surface area contributed by atoms with Gasteiger partial charge >= 0.3 is 0 Å². The maximum absolute atomic E-state index is 13.1. The number of hydrogen-bond acceptors (Lipinski definition) is 3. The molecule has 2 aromatic carbocycles. The number of aromatic hydroxyl groups is 1. The van der Waals surface area contributed by atoms with E-state index in [1.807, 2.05) is 0 Å². The Hall–Kier alpha value is -1.75. The van der Waals surface area contributed by atoms with Crippen LogP contribution in [0.25, 0.3) is 0 Å². The van der Waals surface area contributed by atoms with E-state index in [1.54, 1.807) is 24.3 Å². The van der Waals surface area contributed by atoms with Gasteiger partial charge in [-0.3, -0.25) is 0 Å². The Labute approximate surface area is 119 Å². The second kappa shape index (κ2) is 5.93. The number of hydrogen-bond donors (Lipinski definition) is 2. The Bertz CT molecular complexity index is 590. The topological polar surface area (TPSA) is 41.5 Å². The molecule has 0 saturated heterocycles. The summed E-state index contributed by atoms with van der Waals surface area (Å²) in [5, 5.41) is 12.6. The molecule has 0 aromatic heterocycles. The van der Waals surface area contributed by atoms with Crippen molar-refractivity contribution in [2.24, 2.45) is 0 Å². The summed E-state index contributed by atoms with van der Waals surface area (Å²) < 4.78 is 19.0. The van der Waals surface area contributed by atoms with Gasteiger partial charge in [-0.05, 0) is 51.8 Å². The molecule has 2 rings (SSSR count). The molecule has 2 aromatic rings. The van der Waals surface area contributed by atoms with Gasteiger partial charge in [0.05, 0.1) is 12.8 Å². The van der Waals surface area contributed by atoms with E-state index in [4.69, 9.17) is 4.74 Å². The van der Waals surface area contributed by atoms with E-state index in [0.717, 1.165) is 10.0 Å². The Kier molecular flexibility index (Phi) is 4.27. The van der Waals surface area contributed by atoms with Gasteiger partial charge in [0.1, 0.15) is 5.82 Å². The average Bonchev–Trinajstić information content (AvgIpc) is 2.41. The van der Waals surface area contributed by atoms with Crippen LogP contribution in [0.2, 0.25) is 0 Å².